The van der Waals surface area contributed by atoms with Crippen LogP contribution in [-0.2, 0) is 4.74 Å². The minimum Gasteiger partial charge on any atom is -0.493 e. The Bertz CT molecular complexity index is 1420. The lowest BCUT2D eigenvalue weighted by molar-refractivity contribution is 0.121. The maximum absolute atomic E-state index is 12.6. The van der Waals surface area contributed by atoms with Gasteiger partial charge in [0, 0.05) is 33.4 Å². The van der Waals surface area contributed by atoms with Gasteiger partial charge in [-0.2, -0.15) is 0 Å². The van der Waals surface area contributed by atoms with Crippen LogP contribution in [-0.4, -0.2) is 25.3 Å². The third-order valence-corrected chi connectivity index (χ3v) is 6.53. The SMILES string of the molecule is COc1cc2nccc(Oc3cc(C)c(NC(=O)OC(C)c4ccccc4Br)cc3C)c2cc1OC. The Morgan fingerprint density at radius 1 is 0.917 bits per heavy atom. The van der Waals surface area contributed by atoms with E-state index in [1.165, 1.54) is 0 Å². The number of pyridine rings is 1. The summed E-state index contributed by atoms with van der Waals surface area (Å²) in [6, 6.07) is 16.9. The van der Waals surface area contributed by atoms with Crippen molar-refractivity contribution in [2.75, 3.05) is 19.5 Å². The number of carbonyl (C=O) groups is 1. The zero-order chi connectivity index (χ0) is 25.8. The van der Waals surface area contributed by atoms with Gasteiger partial charge in [-0.3, -0.25) is 10.3 Å². The molecule has 186 valence electrons. The molecule has 0 radical (unpaired) electrons. The number of benzene rings is 3. The number of hydrogen-bond donors (Lipinski definition) is 1. The zero-order valence-corrected chi connectivity index (χ0v) is 22.3. The smallest absolute Gasteiger partial charge is 0.412 e. The molecule has 1 atom stereocenters. The maximum Gasteiger partial charge on any atom is 0.412 e. The van der Waals surface area contributed by atoms with Crippen molar-refractivity contribution in [3.05, 3.63) is 82.0 Å². The van der Waals surface area contributed by atoms with Gasteiger partial charge in [0.05, 0.1) is 19.7 Å². The minimum absolute atomic E-state index is 0.417. The Kier molecular flexibility index (Phi) is 7.64. The lowest BCUT2D eigenvalue weighted by atomic mass is 10.1. The number of aromatic nitrogens is 1. The molecule has 0 saturated heterocycles. The summed E-state index contributed by atoms with van der Waals surface area (Å²) in [5.41, 5.74) is 3.94. The predicted octanol–water partition coefficient (Wildman–Crippen LogP) is 7.73. The molecular weight excluding hydrogens is 524 g/mol. The van der Waals surface area contributed by atoms with Crippen LogP contribution in [0.3, 0.4) is 0 Å². The third-order valence-electron chi connectivity index (χ3n) is 5.81. The summed E-state index contributed by atoms with van der Waals surface area (Å²) in [4.78, 5) is 17.0. The highest BCUT2D eigenvalue weighted by Crippen LogP contribution is 2.38. The number of amides is 1. The first-order chi connectivity index (χ1) is 17.3. The summed E-state index contributed by atoms with van der Waals surface area (Å²) >= 11 is 3.50. The molecule has 1 N–H and O–H groups in total. The lowest BCUT2D eigenvalue weighted by Gasteiger charge is -2.18. The van der Waals surface area contributed by atoms with E-state index in [-0.39, 0.29) is 0 Å². The van der Waals surface area contributed by atoms with Crippen molar-refractivity contribution in [2.45, 2.75) is 26.9 Å². The van der Waals surface area contributed by atoms with Crippen LogP contribution in [0.2, 0.25) is 0 Å². The van der Waals surface area contributed by atoms with Crippen molar-refractivity contribution < 1.29 is 23.7 Å². The van der Waals surface area contributed by atoms with E-state index in [0.717, 1.165) is 32.1 Å². The molecule has 3 aromatic carbocycles. The molecule has 4 rings (SSSR count). The summed E-state index contributed by atoms with van der Waals surface area (Å²) in [6.45, 7) is 5.65. The van der Waals surface area contributed by atoms with Gasteiger partial charge in [0.2, 0.25) is 0 Å². The first kappa shape index (κ1) is 25.3. The maximum atomic E-state index is 12.6. The molecule has 4 aromatic rings. The molecule has 0 saturated carbocycles. The average Bonchev–Trinajstić information content (AvgIpc) is 2.86. The molecule has 1 amide bonds. The molecule has 1 heterocycles. The number of halogens is 1. The summed E-state index contributed by atoms with van der Waals surface area (Å²) in [6.07, 6.45) is 0.736. The quantitative estimate of drug-likeness (QED) is 0.253. The van der Waals surface area contributed by atoms with E-state index in [4.69, 9.17) is 18.9 Å². The number of aryl methyl sites for hydroxylation is 2. The number of nitrogens with zero attached hydrogens (tertiary/aromatic N) is 1. The number of carbonyl (C=O) groups excluding carboxylic acids is 1. The van der Waals surface area contributed by atoms with Crippen LogP contribution in [0.25, 0.3) is 10.9 Å². The van der Waals surface area contributed by atoms with Crippen LogP contribution in [0.4, 0.5) is 10.5 Å². The minimum atomic E-state index is -0.532. The number of ether oxygens (including phenoxy) is 4. The molecule has 8 heteroatoms. The van der Waals surface area contributed by atoms with E-state index in [2.05, 4.69) is 26.2 Å². The van der Waals surface area contributed by atoms with Crippen LogP contribution < -0.4 is 19.5 Å². The fourth-order valence-electron chi connectivity index (χ4n) is 3.86. The first-order valence-electron chi connectivity index (χ1n) is 11.3. The van der Waals surface area contributed by atoms with E-state index in [0.29, 0.717) is 28.7 Å². The van der Waals surface area contributed by atoms with Crippen molar-refractivity contribution in [2.24, 2.45) is 0 Å². The number of hydrogen-bond acceptors (Lipinski definition) is 6. The zero-order valence-electron chi connectivity index (χ0n) is 20.7. The van der Waals surface area contributed by atoms with E-state index >= 15 is 0 Å². The van der Waals surface area contributed by atoms with Gasteiger partial charge in [-0.25, -0.2) is 4.79 Å². The number of rotatable bonds is 7. The third kappa shape index (κ3) is 5.39. The van der Waals surface area contributed by atoms with Gasteiger partial charge in [0.15, 0.2) is 11.5 Å². The summed E-state index contributed by atoms with van der Waals surface area (Å²) in [5, 5.41) is 3.64. The molecule has 0 bridgehead atoms. The Morgan fingerprint density at radius 2 is 1.64 bits per heavy atom. The van der Waals surface area contributed by atoms with Crippen LogP contribution in [0, 0.1) is 13.8 Å². The summed E-state index contributed by atoms with van der Waals surface area (Å²) in [7, 11) is 3.17. The summed E-state index contributed by atoms with van der Waals surface area (Å²) < 4.78 is 23.6. The van der Waals surface area contributed by atoms with E-state index in [9.17, 15) is 4.79 Å². The van der Waals surface area contributed by atoms with Gasteiger partial charge < -0.3 is 18.9 Å². The molecule has 7 nitrogen and oxygen atoms in total. The second-order valence-electron chi connectivity index (χ2n) is 8.26. The van der Waals surface area contributed by atoms with Gasteiger partial charge in [-0.1, -0.05) is 34.1 Å². The van der Waals surface area contributed by atoms with Crippen molar-refractivity contribution in [1.29, 1.82) is 0 Å². The molecule has 1 unspecified atom stereocenters. The molecule has 0 spiro atoms. The Balaban J connectivity index is 1.54. The van der Waals surface area contributed by atoms with Crippen LogP contribution >= 0.6 is 15.9 Å². The molecule has 36 heavy (non-hydrogen) atoms. The van der Waals surface area contributed by atoms with Gasteiger partial charge >= 0.3 is 6.09 Å². The molecule has 0 aliphatic carbocycles. The number of anilines is 1. The highest BCUT2D eigenvalue weighted by atomic mass is 79.9. The van der Waals surface area contributed by atoms with Crippen LogP contribution in [0.1, 0.15) is 29.7 Å². The van der Waals surface area contributed by atoms with Gasteiger partial charge in [0.1, 0.15) is 17.6 Å². The normalized spacial score (nSPS) is 11.6. The number of fused-ring (bicyclic) bond motifs is 1. The molecule has 0 aliphatic rings. The average molecular weight is 551 g/mol. The van der Waals surface area contributed by atoms with E-state index < -0.39 is 12.2 Å². The fraction of sp³-hybridized carbons (Fsp3) is 0.214. The molecule has 0 fully saturated rings. The second kappa shape index (κ2) is 10.9. The van der Waals surface area contributed by atoms with Gasteiger partial charge in [-0.15, -0.1) is 0 Å². The van der Waals surface area contributed by atoms with Crippen molar-refractivity contribution in [1.82, 2.24) is 4.98 Å². The van der Waals surface area contributed by atoms with E-state index in [1.54, 1.807) is 26.5 Å². The van der Waals surface area contributed by atoms with Crippen LogP contribution in [0.15, 0.2) is 65.3 Å². The number of nitrogens with one attached hydrogen (secondary N) is 1. The molecule has 1 aromatic heterocycles. The fourth-order valence-corrected chi connectivity index (χ4v) is 4.46. The first-order valence-corrected chi connectivity index (χ1v) is 12.1. The van der Waals surface area contributed by atoms with Gasteiger partial charge in [0.25, 0.3) is 0 Å². The largest absolute Gasteiger partial charge is 0.493 e. The topological polar surface area (TPSA) is 78.9 Å². The van der Waals surface area contributed by atoms with Crippen molar-refractivity contribution in [3.8, 4) is 23.0 Å². The Labute approximate surface area is 218 Å². The lowest BCUT2D eigenvalue weighted by Crippen LogP contribution is -2.17. The van der Waals surface area contributed by atoms with Crippen molar-refractivity contribution >= 4 is 38.6 Å². The van der Waals surface area contributed by atoms with Gasteiger partial charge in [-0.05, 0) is 62.2 Å². The predicted molar refractivity (Wildman–Crippen MR) is 143 cm³/mol. The van der Waals surface area contributed by atoms with E-state index in [1.807, 2.05) is 69.3 Å². The number of methoxy groups -OCH3 is 2. The Morgan fingerprint density at radius 3 is 2.36 bits per heavy atom. The Hall–Kier alpha value is -3.78. The van der Waals surface area contributed by atoms with Crippen LogP contribution in [0.5, 0.6) is 23.0 Å². The summed E-state index contributed by atoms with van der Waals surface area (Å²) in [5.74, 6) is 2.48. The van der Waals surface area contributed by atoms with Crippen molar-refractivity contribution in [3.63, 3.8) is 0 Å². The molecule has 0 aliphatic heterocycles. The highest BCUT2D eigenvalue weighted by molar-refractivity contribution is 9.10. The highest BCUT2D eigenvalue weighted by Gasteiger charge is 2.17. The second-order valence-corrected chi connectivity index (χ2v) is 9.12. The molecular formula is C28H27BrN2O5. The standard InChI is InChI=1S/C28H27BrN2O5/c1-16-13-25(36-24-10-11-30-23-15-27(34-5)26(33-4)14-20(23)24)17(2)12-22(16)31-28(32)35-18(3)19-8-6-7-9-21(19)29/h6-15,18H,1-5H3,(H,31,32). The monoisotopic (exact) mass is 550 g/mol.